The lowest BCUT2D eigenvalue weighted by molar-refractivity contribution is 0.286. The fourth-order valence-corrected chi connectivity index (χ4v) is 2.44. The number of rotatable bonds is 6. The first kappa shape index (κ1) is 14.4. The predicted octanol–water partition coefficient (Wildman–Crippen LogP) is 3.21. The molecule has 0 unspecified atom stereocenters. The van der Waals surface area contributed by atoms with Crippen molar-refractivity contribution in [2.24, 2.45) is 7.05 Å². The molecule has 0 atom stereocenters. The van der Waals surface area contributed by atoms with Gasteiger partial charge in [0.2, 0.25) is 0 Å². The van der Waals surface area contributed by atoms with Crippen molar-refractivity contribution in [1.29, 1.82) is 0 Å². The molecule has 1 fully saturated rings. The Kier molecular flexibility index (Phi) is 4.17. The maximum absolute atomic E-state index is 6.02. The molecule has 0 saturated heterocycles. The standard InChI is InChI=1S/C16H20ClN3O/c1-11-4-3-5-12(8-18-13-6-7-13)16(11)21-10-15-19-9-14(17)20(15)2/h3-5,9,13,18H,6-8,10H2,1-2H3. The van der Waals surface area contributed by atoms with Gasteiger partial charge in [-0.15, -0.1) is 0 Å². The number of nitrogens with one attached hydrogen (secondary N) is 1. The van der Waals surface area contributed by atoms with Gasteiger partial charge in [-0.25, -0.2) is 4.98 Å². The zero-order valence-corrected chi connectivity index (χ0v) is 13.2. The van der Waals surface area contributed by atoms with Crippen LogP contribution in [0.15, 0.2) is 24.4 Å². The van der Waals surface area contributed by atoms with E-state index in [0.717, 1.165) is 23.7 Å². The molecule has 1 saturated carbocycles. The SMILES string of the molecule is Cc1cccc(CNC2CC2)c1OCc1ncc(Cl)n1C. The summed E-state index contributed by atoms with van der Waals surface area (Å²) in [6, 6.07) is 6.94. The molecule has 4 nitrogen and oxygen atoms in total. The second kappa shape index (κ2) is 6.08. The highest BCUT2D eigenvalue weighted by molar-refractivity contribution is 6.29. The minimum Gasteiger partial charge on any atom is -0.485 e. The van der Waals surface area contributed by atoms with E-state index in [9.17, 15) is 0 Å². The lowest BCUT2D eigenvalue weighted by Gasteiger charge is -2.14. The summed E-state index contributed by atoms with van der Waals surface area (Å²) in [5.41, 5.74) is 2.34. The van der Waals surface area contributed by atoms with Gasteiger partial charge in [0.1, 0.15) is 23.3 Å². The molecule has 21 heavy (non-hydrogen) atoms. The summed E-state index contributed by atoms with van der Waals surface area (Å²) in [4.78, 5) is 4.26. The number of halogens is 1. The molecule has 1 aliphatic carbocycles. The van der Waals surface area contributed by atoms with Crippen molar-refractivity contribution < 1.29 is 4.74 Å². The van der Waals surface area contributed by atoms with Crippen LogP contribution in [0.2, 0.25) is 5.15 Å². The van der Waals surface area contributed by atoms with E-state index >= 15 is 0 Å². The molecular weight excluding hydrogens is 286 g/mol. The van der Waals surface area contributed by atoms with Crippen LogP contribution in [-0.2, 0) is 20.2 Å². The number of hydrogen-bond donors (Lipinski definition) is 1. The van der Waals surface area contributed by atoms with E-state index in [1.54, 1.807) is 6.20 Å². The fraction of sp³-hybridized carbons (Fsp3) is 0.438. The van der Waals surface area contributed by atoms with Crippen LogP contribution < -0.4 is 10.1 Å². The number of nitrogens with zero attached hydrogens (tertiary/aromatic N) is 2. The third kappa shape index (κ3) is 3.39. The van der Waals surface area contributed by atoms with Gasteiger partial charge in [-0.05, 0) is 25.3 Å². The molecule has 0 bridgehead atoms. The van der Waals surface area contributed by atoms with Gasteiger partial charge in [-0.1, -0.05) is 29.8 Å². The number of aryl methyl sites for hydroxylation is 1. The van der Waals surface area contributed by atoms with Crippen molar-refractivity contribution in [3.63, 3.8) is 0 Å². The number of imidazole rings is 1. The minimum absolute atomic E-state index is 0.421. The summed E-state index contributed by atoms with van der Waals surface area (Å²) in [6.07, 6.45) is 4.22. The van der Waals surface area contributed by atoms with Crippen molar-refractivity contribution in [3.05, 3.63) is 46.5 Å². The first-order valence-electron chi connectivity index (χ1n) is 7.26. The normalized spacial score (nSPS) is 14.4. The quantitative estimate of drug-likeness (QED) is 0.890. The van der Waals surface area contributed by atoms with Gasteiger partial charge in [-0.2, -0.15) is 0 Å². The van der Waals surface area contributed by atoms with E-state index in [4.69, 9.17) is 16.3 Å². The highest BCUT2D eigenvalue weighted by Crippen LogP contribution is 2.26. The molecular formula is C16H20ClN3O. The van der Waals surface area contributed by atoms with Crippen LogP contribution >= 0.6 is 11.6 Å². The summed E-state index contributed by atoms with van der Waals surface area (Å²) in [5, 5.41) is 4.15. The van der Waals surface area contributed by atoms with Crippen molar-refractivity contribution in [3.8, 4) is 5.75 Å². The van der Waals surface area contributed by atoms with Crippen LogP contribution in [0.4, 0.5) is 0 Å². The highest BCUT2D eigenvalue weighted by atomic mass is 35.5. The lowest BCUT2D eigenvalue weighted by atomic mass is 10.1. The smallest absolute Gasteiger partial charge is 0.147 e. The molecule has 0 amide bonds. The van der Waals surface area contributed by atoms with Gasteiger partial charge in [0.15, 0.2) is 0 Å². The second-order valence-electron chi connectivity index (χ2n) is 5.56. The van der Waals surface area contributed by atoms with E-state index < -0.39 is 0 Å². The zero-order valence-electron chi connectivity index (χ0n) is 12.4. The van der Waals surface area contributed by atoms with Crippen LogP contribution in [-0.4, -0.2) is 15.6 Å². The maximum atomic E-state index is 6.02. The summed E-state index contributed by atoms with van der Waals surface area (Å²) in [7, 11) is 1.89. The number of benzene rings is 1. The first-order chi connectivity index (χ1) is 10.1. The molecule has 2 aromatic rings. The van der Waals surface area contributed by atoms with E-state index in [-0.39, 0.29) is 0 Å². The molecule has 5 heteroatoms. The van der Waals surface area contributed by atoms with Crippen LogP contribution in [0, 0.1) is 6.92 Å². The summed E-state index contributed by atoms with van der Waals surface area (Å²) in [6.45, 7) is 3.34. The van der Waals surface area contributed by atoms with E-state index in [0.29, 0.717) is 17.8 Å². The summed E-state index contributed by atoms with van der Waals surface area (Å²) >= 11 is 6.00. The third-order valence-corrected chi connectivity index (χ3v) is 4.18. The van der Waals surface area contributed by atoms with Gasteiger partial charge in [0, 0.05) is 25.2 Å². The molecule has 1 aromatic heterocycles. The minimum atomic E-state index is 0.421. The van der Waals surface area contributed by atoms with Crippen LogP contribution in [0.1, 0.15) is 29.8 Å². The second-order valence-corrected chi connectivity index (χ2v) is 5.95. The molecule has 1 aromatic carbocycles. The lowest BCUT2D eigenvalue weighted by Crippen LogP contribution is -2.16. The number of para-hydroxylation sites is 1. The third-order valence-electron chi connectivity index (χ3n) is 3.83. The predicted molar refractivity (Wildman–Crippen MR) is 83.6 cm³/mol. The molecule has 1 N–H and O–H groups in total. The Balaban J connectivity index is 1.72. The Morgan fingerprint density at radius 2 is 2.24 bits per heavy atom. The molecule has 1 aliphatic rings. The number of aromatic nitrogens is 2. The fourth-order valence-electron chi connectivity index (χ4n) is 2.30. The van der Waals surface area contributed by atoms with E-state index in [2.05, 4.69) is 35.4 Å². The van der Waals surface area contributed by atoms with Gasteiger partial charge in [0.05, 0.1) is 6.20 Å². The maximum Gasteiger partial charge on any atom is 0.147 e. The summed E-state index contributed by atoms with van der Waals surface area (Å²) < 4.78 is 7.85. The van der Waals surface area contributed by atoms with Crippen LogP contribution in [0.3, 0.4) is 0 Å². The molecule has 3 rings (SSSR count). The Hall–Kier alpha value is -1.52. The van der Waals surface area contributed by atoms with E-state index in [1.165, 1.54) is 18.4 Å². The Bertz CT molecular complexity index is 634. The molecule has 1 heterocycles. The zero-order chi connectivity index (χ0) is 14.8. The molecule has 0 radical (unpaired) electrons. The first-order valence-corrected chi connectivity index (χ1v) is 7.63. The van der Waals surface area contributed by atoms with Crippen molar-refractivity contribution in [2.75, 3.05) is 0 Å². The van der Waals surface area contributed by atoms with Gasteiger partial charge < -0.3 is 14.6 Å². The molecule has 0 aliphatic heterocycles. The van der Waals surface area contributed by atoms with Gasteiger partial charge in [0.25, 0.3) is 0 Å². The Morgan fingerprint density at radius 3 is 2.90 bits per heavy atom. The van der Waals surface area contributed by atoms with Crippen LogP contribution in [0.25, 0.3) is 0 Å². The topological polar surface area (TPSA) is 39.1 Å². The van der Waals surface area contributed by atoms with E-state index in [1.807, 2.05) is 11.6 Å². The number of ether oxygens (including phenoxy) is 1. The molecule has 112 valence electrons. The average molecular weight is 306 g/mol. The monoisotopic (exact) mass is 305 g/mol. The van der Waals surface area contributed by atoms with Gasteiger partial charge >= 0.3 is 0 Å². The van der Waals surface area contributed by atoms with Crippen LogP contribution in [0.5, 0.6) is 5.75 Å². The molecule has 0 spiro atoms. The van der Waals surface area contributed by atoms with Crippen molar-refractivity contribution in [2.45, 2.75) is 39.0 Å². The average Bonchev–Trinajstić information content (AvgIpc) is 3.25. The Morgan fingerprint density at radius 1 is 1.43 bits per heavy atom. The van der Waals surface area contributed by atoms with Crippen molar-refractivity contribution >= 4 is 11.6 Å². The number of hydrogen-bond acceptors (Lipinski definition) is 3. The van der Waals surface area contributed by atoms with Crippen molar-refractivity contribution in [1.82, 2.24) is 14.9 Å². The van der Waals surface area contributed by atoms with Gasteiger partial charge in [-0.3, -0.25) is 0 Å². The summed E-state index contributed by atoms with van der Waals surface area (Å²) in [5.74, 6) is 1.77. The Labute approximate surface area is 130 Å². The largest absolute Gasteiger partial charge is 0.485 e. The highest BCUT2D eigenvalue weighted by Gasteiger charge is 2.21.